The van der Waals surface area contributed by atoms with Gasteiger partial charge in [0.05, 0.1) is 43.8 Å². The molecule has 2 fully saturated rings. The summed E-state index contributed by atoms with van der Waals surface area (Å²) in [6.45, 7) is 17.6. The molecular formula is C49H66N8O12S2. The van der Waals surface area contributed by atoms with Crippen molar-refractivity contribution in [1.82, 2.24) is 29.5 Å². The van der Waals surface area contributed by atoms with Gasteiger partial charge in [0.2, 0.25) is 20.0 Å². The molecule has 2 aliphatic rings. The van der Waals surface area contributed by atoms with Crippen molar-refractivity contribution in [1.29, 1.82) is 0 Å². The van der Waals surface area contributed by atoms with E-state index in [0.717, 1.165) is 23.3 Å². The summed E-state index contributed by atoms with van der Waals surface area (Å²) in [4.78, 5) is 50.0. The van der Waals surface area contributed by atoms with Gasteiger partial charge in [0.25, 0.3) is 11.4 Å². The second-order valence-electron chi connectivity index (χ2n) is 20.0. The lowest BCUT2D eigenvalue weighted by molar-refractivity contribution is -0.385. The van der Waals surface area contributed by atoms with E-state index in [1.54, 1.807) is 41.5 Å². The Hall–Kier alpha value is -6.04. The number of nitrogens with one attached hydrogen (secondary N) is 3. The summed E-state index contributed by atoms with van der Waals surface area (Å²) in [6, 6.07) is 26.9. The molecule has 0 bridgehead atoms. The number of hydrogen-bond donors (Lipinski definition) is 3. The Morgan fingerprint density at radius 3 is 1.48 bits per heavy atom. The number of carbonyl (C=O) groups excluding carboxylic acids is 2. The lowest BCUT2D eigenvalue weighted by Gasteiger charge is -2.33. The fourth-order valence-corrected chi connectivity index (χ4v) is 11.0. The van der Waals surface area contributed by atoms with Crippen LogP contribution in [0, 0.1) is 26.1 Å². The number of nitro groups is 2. The number of rotatable bonds is 17. The third-order valence-corrected chi connectivity index (χ3v) is 14.7. The minimum Gasteiger partial charge on any atom is -0.444 e. The van der Waals surface area contributed by atoms with Crippen LogP contribution in [0.3, 0.4) is 0 Å². The number of nitrogens with zero attached hydrogens (tertiary/aromatic N) is 5. The van der Waals surface area contributed by atoms with E-state index in [-0.39, 0.29) is 33.6 Å². The third-order valence-electron chi connectivity index (χ3n) is 11.3. The predicted molar refractivity (Wildman–Crippen MR) is 267 cm³/mol. The van der Waals surface area contributed by atoms with Gasteiger partial charge in [-0.3, -0.25) is 30.0 Å². The van der Waals surface area contributed by atoms with E-state index in [4.69, 9.17) is 9.47 Å². The molecule has 4 aromatic rings. The summed E-state index contributed by atoms with van der Waals surface area (Å²) in [5.41, 5.74) is 0.360. The molecule has 2 amide bonds. The van der Waals surface area contributed by atoms with Crippen molar-refractivity contribution < 1.29 is 45.7 Å². The Morgan fingerprint density at radius 2 is 1.04 bits per heavy atom. The van der Waals surface area contributed by atoms with Crippen LogP contribution in [0.15, 0.2) is 119 Å². The first-order chi connectivity index (χ1) is 33.2. The maximum Gasteiger partial charge on any atom is 0.407 e. The van der Waals surface area contributed by atoms with Crippen LogP contribution in [0.2, 0.25) is 0 Å². The SMILES string of the molecule is CC(C)(C)OC(=O)N[C@@H]1CN(Cc2ccccc2)C[C@H]1NS(=O)(=O)c1ccc([N+](=O)[O-])cc1.CC(C)CCN([C@@H]1CN(Cc2ccccc2)C[C@H]1NC(=O)OC(C)(C)C)S(=O)(=O)c1ccc([N+](=O)[O-])cc1. The first-order valence-corrected chi connectivity index (χ1v) is 26.2. The third kappa shape index (κ3) is 17.1. The van der Waals surface area contributed by atoms with Gasteiger partial charge >= 0.3 is 12.2 Å². The molecule has 0 radical (unpaired) electrons. The number of carbonyl (C=O) groups is 2. The molecule has 20 nitrogen and oxygen atoms in total. The fourth-order valence-electron chi connectivity index (χ4n) is 8.05. The zero-order valence-electron chi connectivity index (χ0n) is 41.4. The van der Waals surface area contributed by atoms with Crippen molar-refractivity contribution in [2.45, 2.75) is 120 Å². The highest BCUT2D eigenvalue weighted by Crippen LogP contribution is 2.28. The molecule has 0 spiro atoms. The van der Waals surface area contributed by atoms with Crippen LogP contribution in [0.4, 0.5) is 21.0 Å². The van der Waals surface area contributed by atoms with Crippen molar-refractivity contribution in [3.05, 3.63) is 141 Å². The molecular weight excluding hydrogens is 957 g/mol. The van der Waals surface area contributed by atoms with Gasteiger partial charge in [-0.25, -0.2) is 31.1 Å². The summed E-state index contributed by atoms with van der Waals surface area (Å²) in [6.07, 6.45) is -0.625. The molecule has 2 aliphatic heterocycles. The topological polar surface area (TPSA) is 253 Å². The Labute approximate surface area is 416 Å². The summed E-state index contributed by atoms with van der Waals surface area (Å²) in [5, 5.41) is 27.7. The zero-order chi connectivity index (χ0) is 52.3. The van der Waals surface area contributed by atoms with Gasteiger partial charge in [0, 0.05) is 70.1 Å². The Kier molecular flexibility index (Phi) is 18.8. The van der Waals surface area contributed by atoms with Crippen LogP contribution in [-0.4, -0.2) is 121 Å². The summed E-state index contributed by atoms with van der Waals surface area (Å²) in [7, 11) is -8.01. The largest absolute Gasteiger partial charge is 0.444 e. The van der Waals surface area contributed by atoms with Gasteiger partial charge in [-0.2, -0.15) is 4.31 Å². The number of likely N-dealkylation sites (tertiary alicyclic amines) is 2. The maximum absolute atomic E-state index is 13.9. The average Bonchev–Trinajstić information content (AvgIpc) is 3.83. The number of sulfonamides is 2. The normalized spacial score (nSPS) is 18.9. The van der Waals surface area contributed by atoms with Gasteiger partial charge in [0.1, 0.15) is 11.2 Å². The number of ether oxygens (including phenoxy) is 2. The van der Waals surface area contributed by atoms with Crippen LogP contribution in [-0.2, 0) is 42.6 Å². The van der Waals surface area contributed by atoms with E-state index < -0.39 is 77.4 Å². The first kappa shape index (κ1) is 55.9. The van der Waals surface area contributed by atoms with Gasteiger partial charge in [-0.15, -0.1) is 0 Å². The monoisotopic (exact) mass is 1020 g/mol. The van der Waals surface area contributed by atoms with Gasteiger partial charge in [0.15, 0.2) is 0 Å². The van der Waals surface area contributed by atoms with Crippen molar-refractivity contribution in [2.24, 2.45) is 5.92 Å². The molecule has 0 saturated carbocycles. The predicted octanol–water partition coefficient (Wildman–Crippen LogP) is 7.06. The first-order valence-electron chi connectivity index (χ1n) is 23.2. The Morgan fingerprint density at radius 1 is 0.634 bits per heavy atom. The average molecular weight is 1020 g/mol. The van der Waals surface area contributed by atoms with E-state index in [2.05, 4.69) is 20.3 Å². The molecule has 6 rings (SSSR count). The summed E-state index contributed by atoms with van der Waals surface area (Å²) in [5.74, 6) is 0.239. The number of hydrogen-bond acceptors (Lipinski definition) is 14. The van der Waals surface area contributed by atoms with Gasteiger partial charge < -0.3 is 20.1 Å². The molecule has 0 aliphatic carbocycles. The number of alkyl carbamates (subject to hydrolysis) is 2. The molecule has 4 aromatic carbocycles. The van der Waals surface area contributed by atoms with Gasteiger partial charge in [-0.1, -0.05) is 74.5 Å². The van der Waals surface area contributed by atoms with Crippen molar-refractivity contribution in [2.75, 3.05) is 32.7 Å². The quantitative estimate of drug-likeness (QED) is 0.0707. The Bertz CT molecular complexity index is 2650. The Balaban J connectivity index is 0.000000267. The smallest absolute Gasteiger partial charge is 0.407 e. The van der Waals surface area contributed by atoms with Crippen LogP contribution in [0.1, 0.15) is 72.9 Å². The van der Waals surface area contributed by atoms with E-state index in [1.165, 1.54) is 40.7 Å². The second-order valence-corrected chi connectivity index (χ2v) is 23.6. The second kappa shape index (κ2) is 23.9. The summed E-state index contributed by atoms with van der Waals surface area (Å²) < 4.78 is 68.7. The zero-order valence-corrected chi connectivity index (χ0v) is 43.0. The molecule has 0 unspecified atom stereocenters. The number of benzene rings is 4. The van der Waals surface area contributed by atoms with Gasteiger partial charge in [-0.05, 0) is 89.3 Å². The molecule has 0 aromatic heterocycles. The highest BCUT2D eigenvalue weighted by atomic mass is 32.2. The highest BCUT2D eigenvalue weighted by Gasteiger charge is 2.44. The number of amides is 2. The lowest BCUT2D eigenvalue weighted by atomic mass is 10.1. The van der Waals surface area contributed by atoms with E-state index >= 15 is 0 Å². The minimum atomic E-state index is -4.03. The molecule has 386 valence electrons. The van der Waals surface area contributed by atoms with E-state index in [0.29, 0.717) is 45.7 Å². The van der Waals surface area contributed by atoms with Crippen molar-refractivity contribution in [3.8, 4) is 0 Å². The lowest BCUT2D eigenvalue weighted by Crippen LogP contribution is -2.54. The molecule has 22 heteroatoms. The molecule has 71 heavy (non-hydrogen) atoms. The van der Waals surface area contributed by atoms with Crippen LogP contribution in [0.5, 0.6) is 0 Å². The van der Waals surface area contributed by atoms with Crippen LogP contribution in [0.25, 0.3) is 0 Å². The molecule has 3 N–H and O–H groups in total. The van der Waals surface area contributed by atoms with Crippen LogP contribution >= 0.6 is 0 Å². The van der Waals surface area contributed by atoms with Crippen molar-refractivity contribution in [3.63, 3.8) is 0 Å². The number of nitro benzene ring substituents is 2. The minimum absolute atomic E-state index is 0.0237. The molecule has 4 atom stereocenters. The standard InChI is InChI=1S/C27H38N4O6S.C22H28N4O6S/c1-20(2)15-16-30(38(35,36)23-13-11-22(12-14-23)31(33)34)25-19-29(17-21-9-7-6-8-10-21)18-24(25)28-26(32)37-27(3,4)5;1-22(2,3)32-21(27)23-19-14-25(13-16-7-5-4-6-8-16)15-20(19)24-33(30,31)18-11-9-17(10-12-18)26(28)29/h6-14,20,24-25H,15-19H2,1-5H3,(H,28,32);4-12,19-20,24H,13-15H2,1-3H3,(H,23,27)/t24-,25-;19-,20-/m11/s1. The van der Waals surface area contributed by atoms with Crippen molar-refractivity contribution >= 4 is 43.6 Å². The van der Waals surface area contributed by atoms with Crippen LogP contribution < -0.4 is 15.4 Å². The number of non-ortho nitro benzene ring substituents is 2. The summed E-state index contributed by atoms with van der Waals surface area (Å²) >= 11 is 0. The van der Waals surface area contributed by atoms with E-state index in [1.807, 2.05) is 79.4 Å². The van der Waals surface area contributed by atoms with E-state index in [9.17, 15) is 46.7 Å². The maximum atomic E-state index is 13.9. The molecule has 2 saturated heterocycles. The highest BCUT2D eigenvalue weighted by molar-refractivity contribution is 7.89. The fraction of sp³-hybridized carbons (Fsp3) is 0.469. The molecule has 2 heterocycles.